The molecule has 4 rings (SSSR count). The summed E-state index contributed by atoms with van der Waals surface area (Å²) < 4.78 is 11.6. The van der Waals surface area contributed by atoms with Gasteiger partial charge in [0.05, 0.1) is 29.6 Å². The van der Waals surface area contributed by atoms with Gasteiger partial charge in [0.15, 0.2) is 0 Å². The van der Waals surface area contributed by atoms with Gasteiger partial charge in [0.1, 0.15) is 0 Å². The molecule has 9 nitrogen and oxygen atoms in total. The van der Waals surface area contributed by atoms with Gasteiger partial charge in [0.2, 0.25) is 11.8 Å². The van der Waals surface area contributed by atoms with Crippen LogP contribution in [0.2, 0.25) is 0 Å². The summed E-state index contributed by atoms with van der Waals surface area (Å²) in [6, 6.07) is 11.9. The Hall–Kier alpha value is -2.63. The van der Waals surface area contributed by atoms with Crippen LogP contribution in [0.1, 0.15) is 67.4 Å². The van der Waals surface area contributed by atoms with Gasteiger partial charge in [0, 0.05) is 52.7 Å². The standard InChI is InChI=1S/C15H19BrN2O3.C12H14BrNO.C4H7ClO2/c1-9(2)21-15(20)17-8-10(3)18(11(4)19)13-6-5-12(16)7-14(13)17;1-8-3-4-10-7-11(13)5-6-12(10)14(8)9(2)15;1-3(2)7-4(5)6/h5-7,9-10H,8H2,1-4H3;5-8H,3-4H2,1-2H3;3H,1-2H3/t10-;8-;/m00./s1. The first-order valence-electron chi connectivity index (χ1n) is 14.0. The molecule has 0 N–H and O–H groups in total. The number of anilines is 3. The van der Waals surface area contributed by atoms with Crippen molar-refractivity contribution >= 4 is 83.9 Å². The lowest BCUT2D eigenvalue weighted by atomic mass is 9.97. The molecule has 2 aliphatic rings. The van der Waals surface area contributed by atoms with Crippen LogP contribution >= 0.6 is 43.5 Å². The van der Waals surface area contributed by atoms with E-state index in [9.17, 15) is 19.2 Å². The first-order valence-corrected chi connectivity index (χ1v) is 16.0. The highest BCUT2D eigenvalue weighted by molar-refractivity contribution is 9.10. The topological polar surface area (TPSA) is 96.5 Å². The second-order valence-electron chi connectivity index (χ2n) is 10.9. The van der Waals surface area contributed by atoms with Crippen LogP contribution in [-0.4, -0.2) is 54.2 Å². The lowest BCUT2D eigenvalue weighted by Crippen LogP contribution is -2.51. The Morgan fingerprint density at radius 1 is 0.791 bits per heavy atom. The lowest BCUT2D eigenvalue weighted by Gasteiger charge is -2.40. The van der Waals surface area contributed by atoms with E-state index in [1.807, 2.05) is 56.0 Å². The van der Waals surface area contributed by atoms with Gasteiger partial charge in [-0.3, -0.25) is 14.5 Å². The zero-order valence-corrected chi connectivity index (χ0v) is 29.7. The van der Waals surface area contributed by atoms with Crippen molar-refractivity contribution in [2.45, 2.75) is 92.5 Å². The first-order chi connectivity index (χ1) is 20.0. The van der Waals surface area contributed by atoms with Gasteiger partial charge in [-0.2, -0.15) is 0 Å². The molecule has 0 fully saturated rings. The number of fused-ring (bicyclic) bond motifs is 2. The minimum absolute atomic E-state index is 0.0389. The van der Waals surface area contributed by atoms with Crippen molar-refractivity contribution in [3.05, 3.63) is 50.9 Å². The Bertz CT molecular complexity index is 1320. The maximum Gasteiger partial charge on any atom is 0.414 e. The van der Waals surface area contributed by atoms with Gasteiger partial charge < -0.3 is 19.3 Å². The number of aryl methyl sites for hydroxylation is 1. The predicted octanol–water partition coefficient (Wildman–Crippen LogP) is 8.46. The van der Waals surface area contributed by atoms with E-state index in [1.165, 1.54) is 12.5 Å². The molecular weight excluding hydrogens is 706 g/mol. The molecular formula is C31H40Br2ClN3O6. The number of benzene rings is 2. The van der Waals surface area contributed by atoms with Gasteiger partial charge >= 0.3 is 11.5 Å². The Morgan fingerprint density at radius 2 is 1.30 bits per heavy atom. The second-order valence-corrected chi connectivity index (χ2v) is 13.0. The number of nitrogens with zero attached hydrogens (tertiary/aromatic N) is 3. The van der Waals surface area contributed by atoms with Crippen LogP contribution in [0.25, 0.3) is 0 Å². The van der Waals surface area contributed by atoms with Crippen molar-refractivity contribution in [2.75, 3.05) is 21.2 Å². The Morgan fingerprint density at radius 3 is 1.79 bits per heavy atom. The minimum Gasteiger partial charge on any atom is -0.451 e. The fourth-order valence-electron chi connectivity index (χ4n) is 4.90. The molecule has 0 radical (unpaired) electrons. The molecule has 0 saturated carbocycles. The molecule has 0 unspecified atom stereocenters. The van der Waals surface area contributed by atoms with Crippen LogP contribution < -0.4 is 14.7 Å². The number of ether oxygens (including phenoxy) is 2. The Labute approximate surface area is 276 Å². The van der Waals surface area contributed by atoms with Crippen molar-refractivity contribution in [1.82, 2.24) is 0 Å². The minimum atomic E-state index is -0.741. The quantitative estimate of drug-likeness (QED) is 0.287. The molecule has 3 amide bonds. The zero-order chi connectivity index (χ0) is 32.6. The van der Waals surface area contributed by atoms with E-state index in [4.69, 9.17) is 16.3 Å². The predicted molar refractivity (Wildman–Crippen MR) is 178 cm³/mol. The molecule has 0 aromatic heterocycles. The average molecular weight is 746 g/mol. The van der Waals surface area contributed by atoms with E-state index in [0.717, 1.165) is 33.2 Å². The number of hydrogen-bond acceptors (Lipinski definition) is 6. The number of rotatable bonds is 2. The summed E-state index contributed by atoms with van der Waals surface area (Å²) in [6.45, 7) is 14.7. The van der Waals surface area contributed by atoms with Crippen molar-refractivity contribution in [1.29, 1.82) is 0 Å². The molecule has 236 valence electrons. The van der Waals surface area contributed by atoms with Crippen molar-refractivity contribution < 1.29 is 28.7 Å². The van der Waals surface area contributed by atoms with Gasteiger partial charge in [-0.25, -0.2) is 9.59 Å². The van der Waals surface area contributed by atoms with Crippen LogP contribution in [0.5, 0.6) is 0 Å². The molecule has 12 heteroatoms. The van der Waals surface area contributed by atoms with Crippen molar-refractivity contribution in [3.63, 3.8) is 0 Å². The highest BCUT2D eigenvalue weighted by Crippen LogP contribution is 2.38. The van der Waals surface area contributed by atoms with Crippen LogP contribution in [0.4, 0.5) is 26.7 Å². The molecule has 2 heterocycles. The number of amides is 3. The first kappa shape index (κ1) is 36.6. The number of carbonyl (C=O) groups is 4. The third kappa shape index (κ3) is 10.5. The summed E-state index contributed by atoms with van der Waals surface area (Å²) in [6.07, 6.45) is 1.42. The summed E-state index contributed by atoms with van der Waals surface area (Å²) in [5, 5.41) is 0. The van der Waals surface area contributed by atoms with Gasteiger partial charge in [0.25, 0.3) is 0 Å². The van der Waals surface area contributed by atoms with Crippen LogP contribution in [0.15, 0.2) is 45.3 Å². The van der Waals surface area contributed by atoms with E-state index in [1.54, 1.807) is 30.6 Å². The number of carbonyl (C=O) groups excluding carboxylic acids is 4. The molecule has 2 atom stereocenters. The average Bonchev–Trinajstić information content (AvgIpc) is 2.87. The summed E-state index contributed by atoms with van der Waals surface area (Å²) in [5.41, 5.74) is 3.01. The fourth-order valence-corrected chi connectivity index (χ4v) is 5.84. The van der Waals surface area contributed by atoms with Gasteiger partial charge in [-0.15, -0.1) is 0 Å². The van der Waals surface area contributed by atoms with Crippen LogP contribution in [0, 0.1) is 0 Å². The Kier molecular flexibility index (Phi) is 14.0. The SMILES string of the molecule is CC(=O)N1c2ccc(Br)cc2CC[C@@H]1C.CC(=O)N1c2ccc(Br)cc2N(C(=O)OC(C)C)C[C@@H]1C.CC(C)OC(=O)Cl. The fraction of sp³-hybridized carbons (Fsp3) is 0.484. The molecule has 2 aliphatic heterocycles. The van der Waals surface area contributed by atoms with E-state index in [-0.39, 0.29) is 36.2 Å². The van der Waals surface area contributed by atoms with Crippen LogP contribution in [0.3, 0.4) is 0 Å². The second kappa shape index (κ2) is 16.4. The highest BCUT2D eigenvalue weighted by Gasteiger charge is 2.34. The molecule has 0 aliphatic carbocycles. The third-order valence-corrected chi connectivity index (χ3v) is 7.59. The van der Waals surface area contributed by atoms with Crippen LogP contribution in [-0.2, 0) is 25.5 Å². The smallest absolute Gasteiger partial charge is 0.414 e. The van der Waals surface area contributed by atoms with E-state index in [0.29, 0.717) is 18.3 Å². The molecule has 0 spiro atoms. The third-order valence-electron chi connectivity index (χ3n) is 6.51. The molecule has 43 heavy (non-hydrogen) atoms. The largest absolute Gasteiger partial charge is 0.451 e. The maximum atomic E-state index is 12.3. The maximum absolute atomic E-state index is 12.3. The van der Waals surface area contributed by atoms with Crippen molar-refractivity contribution in [2.24, 2.45) is 0 Å². The molecule has 0 bridgehead atoms. The summed E-state index contributed by atoms with van der Waals surface area (Å²) >= 11 is 11.7. The zero-order valence-electron chi connectivity index (χ0n) is 25.8. The van der Waals surface area contributed by atoms with E-state index < -0.39 is 5.43 Å². The number of halogens is 3. The molecule has 0 saturated heterocycles. The normalized spacial score (nSPS) is 17.1. The van der Waals surface area contributed by atoms with E-state index in [2.05, 4.69) is 49.6 Å². The summed E-state index contributed by atoms with van der Waals surface area (Å²) in [5.74, 6) is 0.0914. The Balaban J connectivity index is 0.000000255. The number of hydrogen-bond donors (Lipinski definition) is 0. The molecule has 2 aromatic rings. The monoisotopic (exact) mass is 743 g/mol. The van der Waals surface area contributed by atoms with E-state index >= 15 is 0 Å². The lowest BCUT2D eigenvalue weighted by molar-refractivity contribution is -0.117. The van der Waals surface area contributed by atoms with Crippen molar-refractivity contribution in [3.8, 4) is 0 Å². The molecule has 2 aromatic carbocycles. The summed E-state index contributed by atoms with van der Waals surface area (Å²) in [4.78, 5) is 50.7. The van der Waals surface area contributed by atoms with Gasteiger partial charge in [-0.05, 0) is 96.3 Å². The van der Waals surface area contributed by atoms with Gasteiger partial charge in [-0.1, -0.05) is 31.9 Å². The summed E-state index contributed by atoms with van der Waals surface area (Å²) in [7, 11) is 0. The highest BCUT2D eigenvalue weighted by atomic mass is 79.9.